The minimum Gasteiger partial charge on any atom is -0.354 e. The zero-order valence-electron chi connectivity index (χ0n) is 16.4. The number of imidazole rings is 1. The van der Waals surface area contributed by atoms with Crippen molar-refractivity contribution in [1.82, 2.24) is 20.2 Å². The third kappa shape index (κ3) is 6.52. The zero-order chi connectivity index (χ0) is 18.2. The van der Waals surface area contributed by atoms with E-state index in [2.05, 4.69) is 56.4 Å². The van der Waals surface area contributed by atoms with Gasteiger partial charge in [-0.3, -0.25) is 4.99 Å². The highest BCUT2D eigenvalue weighted by molar-refractivity contribution is 14.0. The van der Waals surface area contributed by atoms with Crippen LogP contribution < -0.4 is 10.6 Å². The van der Waals surface area contributed by atoms with Gasteiger partial charge in [-0.2, -0.15) is 0 Å². The number of aliphatic imine (C=N–C) groups is 1. The largest absolute Gasteiger partial charge is 0.354 e. The summed E-state index contributed by atoms with van der Waals surface area (Å²) in [5.74, 6) is 2.80. The molecule has 0 aliphatic heterocycles. The third-order valence-corrected chi connectivity index (χ3v) is 5.40. The Morgan fingerprint density at radius 2 is 1.93 bits per heavy atom. The molecule has 1 aromatic carbocycles. The SMILES string of the molecule is CCC1CCC(NC(=NC)NCc2nccn2Cc2ccccc2)CC1.I. The lowest BCUT2D eigenvalue weighted by molar-refractivity contribution is 0.304. The van der Waals surface area contributed by atoms with Gasteiger partial charge in [0.2, 0.25) is 0 Å². The molecule has 1 saturated carbocycles. The van der Waals surface area contributed by atoms with Crippen LogP contribution in [0.3, 0.4) is 0 Å². The van der Waals surface area contributed by atoms with Crippen LogP contribution in [-0.2, 0) is 13.1 Å². The highest BCUT2D eigenvalue weighted by atomic mass is 127. The summed E-state index contributed by atoms with van der Waals surface area (Å²) < 4.78 is 2.18. The Hall–Kier alpha value is -1.57. The molecule has 148 valence electrons. The highest BCUT2D eigenvalue weighted by Gasteiger charge is 2.20. The molecule has 27 heavy (non-hydrogen) atoms. The van der Waals surface area contributed by atoms with Crippen molar-refractivity contribution in [3.63, 3.8) is 0 Å². The lowest BCUT2D eigenvalue weighted by atomic mass is 9.84. The van der Waals surface area contributed by atoms with Crippen LogP contribution in [0.5, 0.6) is 0 Å². The van der Waals surface area contributed by atoms with Gasteiger partial charge < -0.3 is 15.2 Å². The maximum Gasteiger partial charge on any atom is 0.191 e. The second kappa shape index (κ2) is 11.3. The summed E-state index contributed by atoms with van der Waals surface area (Å²) >= 11 is 0. The average molecular weight is 481 g/mol. The van der Waals surface area contributed by atoms with Crippen LogP contribution >= 0.6 is 24.0 Å². The lowest BCUT2D eigenvalue weighted by Gasteiger charge is -2.29. The number of halogens is 1. The molecular weight excluding hydrogens is 449 g/mol. The fourth-order valence-electron chi connectivity index (χ4n) is 3.70. The van der Waals surface area contributed by atoms with Gasteiger partial charge in [0.15, 0.2) is 5.96 Å². The first-order valence-electron chi connectivity index (χ1n) is 9.79. The smallest absolute Gasteiger partial charge is 0.191 e. The van der Waals surface area contributed by atoms with Gasteiger partial charge in [0, 0.05) is 32.0 Å². The molecular formula is C21H32IN5. The molecule has 2 N–H and O–H groups in total. The number of nitrogens with zero attached hydrogens (tertiary/aromatic N) is 3. The lowest BCUT2D eigenvalue weighted by Crippen LogP contribution is -2.44. The Morgan fingerprint density at radius 1 is 1.19 bits per heavy atom. The topological polar surface area (TPSA) is 54.2 Å². The molecule has 2 aromatic rings. The van der Waals surface area contributed by atoms with Gasteiger partial charge in [-0.25, -0.2) is 4.98 Å². The summed E-state index contributed by atoms with van der Waals surface area (Å²) in [6.07, 6.45) is 10.3. The molecule has 0 radical (unpaired) electrons. The van der Waals surface area contributed by atoms with Gasteiger partial charge in [-0.05, 0) is 37.2 Å². The van der Waals surface area contributed by atoms with Crippen molar-refractivity contribution < 1.29 is 0 Å². The predicted octanol–water partition coefficient (Wildman–Crippen LogP) is 4.18. The van der Waals surface area contributed by atoms with Crippen molar-refractivity contribution in [3.05, 3.63) is 54.1 Å². The molecule has 6 heteroatoms. The Morgan fingerprint density at radius 3 is 2.59 bits per heavy atom. The van der Waals surface area contributed by atoms with Crippen LogP contribution in [0.2, 0.25) is 0 Å². The van der Waals surface area contributed by atoms with Crippen LogP contribution in [-0.4, -0.2) is 28.6 Å². The molecule has 0 saturated heterocycles. The van der Waals surface area contributed by atoms with Gasteiger partial charge >= 0.3 is 0 Å². The van der Waals surface area contributed by atoms with Gasteiger partial charge in [-0.15, -0.1) is 24.0 Å². The standard InChI is InChI=1S/C21H31N5.HI/c1-3-17-9-11-19(12-10-17)25-21(22-2)24-15-20-23-13-14-26(20)16-18-7-5-4-6-8-18;/h4-8,13-14,17,19H,3,9-12,15-16H2,1-2H3,(H2,22,24,25);1H. The van der Waals surface area contributed by atoms with Crippen LogP contribution in [0.25, 0.3) is 0 Å². The van der Waals surface area contributed by atoms with E-state index in [9.17, 15) is 0 Å². The minimum absolute atomic E-state index is 0. The Balaban J connectivity index is 0.00000261. The maximum absolute atomic E-state index is 4.50. The summed E-state index contributed by atoms with van der Waals surface area (Å²) in [6, 6.07) is 11.0. The monoisotopic (exact) mass is 481 g/mol. The number of nitrogens with one attached hydrogen (secondary N) is 2. The van der Waals surface area contributed by atoms with Crippen LogP contribution in [0.4, 0.5) is 0 Å². The number of aromatic nitrogens is 2. The van der Waals surface area contributed by atoms with Gasteiger partial charge in [-0.1, -0.05) is 43.7 Å². The van der Waals surface area contributed by atoms with Crippen LogP contribution in [0, 0.1) is 5.92 Å². The van der Waals surface area contributed by atoms with Gasteiger partial charge in [0.1, 0.15) is 5.82 Å². The first-order chi connectivity index (χ1) is 12.8. The quantitative estimate of drug-likeness (QED) is 0.370. The summed E-state index contributed by atoms with van der Waals surface area (Å²) in [7, 11) is 1.84. The first-order valence-corrected chi connectivity index (χ1v) is 9.79. The van der Waals surface area contributed by atoms with Crippen molar-refractivity contribution >= 4 is 29.9 Å². The van der Waals surface area contributed by atoms with E-state index in [-0.39, 0.29) is 24.0 Å². The molecule has 1 aromatic heterocycles. The first kappa shape index (κ1) is 21.7. The van der Waals surface area contributed by atoms with Crippen molar-refractivity contribution in [2.45, 2.75) is 58.2 Å². The minimum atomic E-state index is 0. The normalized spacial score (nSPS) is 20.0. The fraction of sp³-hybridized carbons (Fsp3) is 0.524. The molecule has 0 atom stereocenters. The molecule has 1 heterocycles. The van der Waals surface area contributed by atoms with Crippen molar-refractivity contribution in [2.24, 2.45) is 10.9 Å². The van der Waals surface area contributed by atoms with Gasteiger partial charge in [0.05, 0.1) is 6.54 Å². The maximum atomic E-state index is 4.50. The van der Waals surface area contributed by atoms with E-state index < -0.39 is 0 Å². The second-order valence-corrected chi connectivity index (χ2v) is 7.15. The second-order valence-electron chi connectivity index (χ2n) is 7.15. The number of hydrogen-bond donors (Lipinski definition) is 2. The molecule has 1 fully saturated rings. The Kier molecular flexibility index (Phi) is 9.10. The molecule has 0 bridgehead atoms. The van der Waals surface area contributed by atoms with Crippen LogP contribution in [0.15, 0.2) is 47.7 Å². The van der Waals surface area contributed by atoms with E-state index >= 15 is 0 Å². The van der Waals surface area contributed by atoms with E-state index in [0.29, 0.717) is 12.6 Å². The zero-order valence-corrected chi connectivity index (χ0v) is 18.7. The molecule has 0 unspecified atom stereocenters. The van der Waals surface area contributed by atoms with Crippen molar-refractivity contribution in [1.29, 1.82) is 0 Å². The number of rotatable bonds is 6. The summed E-state index contributed by atoms with van der Waals surface area (Å²) in [5.41, 5.74) is 1.28. The van der Waals surface area contributed by atoms with E-state index in [1.165, 1.54) is 37.7 Å². The molecule has 1 aliphatic rings. The average Bonchev–Trinajstić information content (AvgIpc) is 3.13. The number of benzene rings is 1. The number of hydrogen-bond acceptors (Lipinski definition) is 2. The van der Waals surface area contributed by atoms with E-state index in [0.717, 1.165) is 24.2 Å². The Labute approximate surface area is 180 Å². The Bertz CT molecular complexity index is 690. The van der Waals surface area contributed by atoms with E-state index in [1.807, 2.05) is 25.5 Å². The molecule has 0 spiro atoms. The van der Waals surface area contributed by atoms with E-state index in [4.69, 9.17) is 0 Å². The molecule has 1 aliphatic carbocycles. The highest BCUT2D eigenvalue weighted by Crippen LogP contribution is 2.26. The molecule has 0 amide bonds. The third-order valence-electron chi connectivity index (χ3n) is 5.40. The fourth-order valence-corrected chi connectivity index (χ4v) is 3.70. The predicted molar refractivity (Wildman–Crippen MR) is 123 cm³/mol. The van der Waals surface area contributed by atoms with E-state index in [1.54, 1.807) is 0 Å². The summed E-state index contributed by atoms with van der Waals surface area (Å²) in [4.78, 5) is 8.90. The molecule has 5 nitrogen and oxygen atoms in total. The van der Waals surface area contributed by atoms with Crippen molar-refractivity contribution in [3.8, 4) is 0 Å². The van der Waals surface area contributed by atoms with Crippen molar-refractivity contribution in [2.75, 3.05) is 7.05 Å². The van der Waals surface area contributed by atoms with Crippen LogP contribution in [0.1, 0.15) is 50.4 Å². The molecule has 3 rings (SSSR count). The summed E-state index contributed by atoms with van der Waals surface area (Å²) in [5, 5.41) is 7.01. The summed E-state index contributed by atoms with van der Waals surface area (Å²) in [6.45, 7) is 3.81. The van der Waals surface area contributed by atoms with Gasteiger partial charge in [0.25, 0.3) is 0 Å². The number of guanidine groups is 1.